The van der Waals surface area contributed by atoms with Crippen LogP contribution < -0.4 is 5.32 Å². The molecular formula is C17H27NOS. The molecule has 1 aliphatic rings. The van der Waals surface area contributed by atoms with Crippen molar-refractivity contribution in [2.45, 2.75) is 62.6 Å². The average molecular weight is 293 g/mol. The van der Waals surface area contributed by atoms with Gasteiger partial charge in [0.2, 0.25) is 0 Å². The van der Waals surface area contributed by atoms with Gasteiger partial charge in [-0.15, -0.1) is 0 Å². The summed E-state index contributed by atoms with van der Waals surface area (Å²) in [6.45, 7) is 6.72. The van der Waals surface area contributed by atoms with Gasteiger partial charge in [0, 0.05) is 22.6 Å². The van der Waals surface area contributed by atoms with Gasteiger partial charge < -0.3 is 10.4 Å². The number of hydrogen-bond acceptors (Lipinski definition) is 3. The lowest BCUT2D eigenvalue weighted by atomic mass is 9.98. The summed E-state index contributed by atoms with van der Waals surface area (Å²) in [5.41, 5.74) is 2.70. The first-order valence-electron chi connectivity index (χ1n) is 7.59. The van der Waals surface area contributed by atoms with Crippen molar-refractivity contribution in [2.75, 3.05) is 6.61 Å². The Morgan fingerprint density at radius 3 is 2.90 bits per heavy atom. The lowest BCUT2D eigenvalue weighted by Crippen LogP contribution is -2.49. The maximum atomic E-state index is 9.73. The minimum atomic E-state index is -0.0432. The van der Waals surface area contributed by atoms with Crippen LogP contribution in [0, 0.1) is 6.92 Å². The fourth-order valence-electron chi connectivity index (χ4n) is 3.17. The van der Waals surface area contributed by atoms with E-state index in [-0.39, 0.29) is 12.1 Å². The largest absolute Gasteiger partial charge is 0.394 e. The summed E-state index contributed by atoms with van der Waals surface area (Å²) in [6.07, 6.45) is 3.38. The molecule has 1 aliphatic carbocycles. The number of benzene rings is 1. The molecule has 0 spiro atoms. The fraction of sp³-hybridized carbons (Fsp3) is 0.647. The van der Waals surface area contributed by atoms with Crippen molar-refractivity contribution >= 4 is 11.8 Å². The summed E-state index contributed by atoms with van der Waals surface area (Å²) in [4.78, 5) is 0. The highest BCUT2D eigenvalue weighted by molar-refractivity contribution is 7.99. The molecule has 0 saturated heterocycles. The van der Waals surface area contributed by atoms with Crippen molar-refractivity contribution in [2.24, 2.45) is 0 Å². The van der Waals surface area contributed by atoms with Gasteiger partial charge in [-0.3, -0.25) is 0 Å². The molecule has 1 saturated carbocycles. The highest BCUT2D eigenvalue weighted by Gasteiger charge is 2.38. The molecular weight excluding hydrogens is 266 g/mol. The monoisotopic (exact) mass is 293 g/mol. The zero-order chi connectivity index (χ0) is 14.6. The smallest absolute Gasteiger partial charge is 0.0613 e. The molecule has 0 amide bonds. The van der Waals surface area contributed by atoms with Crippen LogP contribution in [-0.2, 0) is 5.75 Å². The Bertz CT molecular complexity index is 435. The van der Waals surface area contributed by atoms with E-state index in [1.54, 1.807) is 0 Å². The molecule has 112 valence electrons. The van der Waals surface area contributed by atoms with Crippen molar-refractivity contribution in [3.8, 4) is 0 Å². The normalized spacial score (nSPS) is 26.4. The summed E-state index contributed by atoms with van der Waals surface area (Å²) in [7, 11) is 0. The molecule has 2 N–H and O–H groups in total. The van der Waals surface area contributed by atoms with Crippen molar-refractivity contribution in [3.05, 3.63) is 35.4 Å². The lowest BCUT2D eigenvalue weighted by molar-refractivity contribution is 0.156. The second-order valence-electron chi connectivity index (χ2n) is 6.40. The van der Waals surface area contributed by atoms with Crippen LogP contribution in [-0.4, -0.2) is 28.5 Å². The van der Waals surface area contributed by atoms with Crippen LogP contribution in [0.15, 0.2) is 24.3 Å². The molecule has 1 aromatic carbocycles. The molecule has 2 nitrogen and oxygen atoms in total. The first-order valence-corrected chi connectivity index (χ1v) is 8.63. The van der Waals surface area contributed by atoms with Crippen LogP contribution in [0.4, 0.5) is 0 Å². The van der Waals surface area contributed by atoms with Gasteiger partial charge in [-0.2, -0.15) is 11.8 Å². The first-order chi connectivity index (χ1) is 9.53. The van der Waals surface area contributed by atoms with Gasteiger partial charge in [0.25, 0.3) is 0 Å². The second-order valence-corrected chi connectivity index (χ2v) is 7.69. The van der Waals surface area contributed by atoms with E-state index in [4.69, 9.17) is 0 Å². The summed E-state index contributed by atoms with van der Waals surface area (Å²) in [5, 5.41) is 14.0. The van der Waals surface area contributed by atoms with Gasteiger partial charge in [-0.1, -0.05) is 43.7 Å². The van der Waals surface area contributed by atoms with Gasteiger partial charge >= 0.3 is 0 Å². The molecule has 1 aromatic rings. The molecule has 0 bridgehead atoms. The summed E-state index contributed by atoms with van der Waals surface area (Å²) in [5.74, 6) is 1.08. The topological polar surface area (TPSA) is 32.3 Å². The van der Waals surface area contributed by atoms with E-state index in [1.165, 1.54) is 17.5 Å². The zero-order valence-corrected chi connectivity index (χ0v) is 13.7. The highest BCUT2D eigenvalue weighted by Crippen LogP contribution is 2.38. The number of aliphatic hydroxyl groups is 1. The van der Waals surface area contributed by atoms with E-state index in [0.717, 1.165) is 18.6 Å². The van der Waals surface area contributed by atoms with Crippen molar-refractivity contribution in [3.63, 3.8) is 0 Å². The standard InChI is InChI=1S/C17H27NOS/c1-13(2)18-17(12-19)8-7-16(10-17)20-11-15-6-4-5-14(3)9-15/h4-6,9,13,16,18-19H,7-8,10-12H2,1-3H3. The minimum absolute atomic E-state index is 0.0432. The summed E-state index contributed by atoms with van der Waals surface area (Å²) in [6, 6.07) is 9.20. The van der Waals surface area contributed by atoms with Gasteiger partial charge in [-0.05, 0) is 31.7 Å². The summed E-state index contributed by atoms with van der Waals surface area (Å²) >= 11 is 2.04. The van der Waals surface area contributed by atoms with Gasteiger partial charge in [0.05, 0.1) is 6.61 Å². The Hall–Kier alpha value is -0.510. The maximum absolute atomic E-state index is 9.73. The van der Waals surface area contributed by atoms with Crippen LogP contribution in [0.1, 0.15) is 44.2 Å². The van der Waals surface area contributed by atoms with E-state index in [0.29, 0.717) is 11.3 Å². The third-order valence-electron chi connectivity index (χ3n) is 4.03. The fourth-order valence-corrected chi connectivity index (χ4v) is 4.50. The average Bonchev–Trinajstić information content (AvgIpc) is 2.80. The molecule has 0 radical (unpaired) electrons. The third-order valence-corrected chi connectivity index (χ3v) is 5.40. The second kappa shape index (κ2) is 6.97. The Balaban J connectivity index is 1.86. The van der Waals surface area contributed by atoms with Crippen molar-refractivity contribution in [1.82, 2.24) is 5.32 Å². The van der Waals surface area contributed by atoms with E-state index < -0.39 is 0 Å². The minimum Gasteiger partial charge on any atom is -0.394 e. The Morgan fingerprint density at radius 1 is 1.45 bits per heavy atom. The molecule has 0 aromatic heterocycles. The number of aryl methyl sites for hydroxylation is 1. The lowest BCUT2D eigenvalue weighted by Gasteiger charge is -2.31. The van der Waals surface area contributed by atoms with E-state index in [2.05, 4.69) is 50.4 Å². The van der Waals surface area contributed by atoms with E-state index in [1.807, 2.05) is 11.8 Å². The molecule has 1 fully saturated rings. The van der Waals surface area contributed by atoms with Crippen LogP contribution in [0.5, 0.6) is 0 Å². The molecule has 2 unspecified atom stereocenters. The van der Waals surface area contributed by atoms with E-state index >= 15 is 0 Å². The highest BCUT2D eigenvalue weighted by atomic mass is 32.2. The molecule has 2 atom stereocenters. The molecule has 0 aliphatic heterocycles. The molecule has 0 heterocycles. The van der Waals surface area contributed by atoms with Crippen molar-refractivity contribution in [1.29, 1.82) is 0 Å². The van der Waals surface area contributed by atoms with Gasteiger partial charge in [0.15, 0.2) is 0 Å². The predicted molar refractivity (Wildman–Crippen MR) is 88.2 cm³/mol. The predicted octanol–water partition coefficient (Wildman–Crippen LogP) is 3.51. The molecule has 3 heteroatoms. The SMILES string of the molecule is Cc1cccc(CSC2CCC(CO)(NC(C)C)C2)c1. The number of aliphatic hydroxyl groups excluding tert-OH is 1. The maximum Gasteiger partial charge on any atom is 0.0613 e. The third kappa shape index (κ3) is 4.24. The van der Waals surface area contributed by atoms with Crippen LogP contribution in [0.3, 0.4) is 0 Å². The zero-order valence-electron chi connectivity index (χ0n) is 12.9. The van der Waals surface area contributed by atoms with Crippen LogP contribution in [0.2, 0.25) is 0 Å². The van der Waals surface area contributed by atoms with Gasteiger partial charge in [-0.25, -0.2) is 0 Å². The van der Waals surface area contributed by atoms with Crippen molar-refractivity contribution < 1.29 is 5.11 Å². The first kappa shape index (κ1) is 15.9. The quantitative estimate of drug-likeness (QED) is 0.842. The number of thioether (sulfide) groups is 1. The number of hydrogen-bond donors (Lipinski definition) is 2. The number of rotatable bonds is 6. The van der Waals surface area contributed by atoms with Crippen LogP contribution >= 0.6 is 11.8 Å². The Morgan fingerprint density at radius 2 is 2.25 bits per heavy atom. The summed E-state index contributed by atoms with van der Waals surface area (Å²) < 4.78 is 0. The molecule has 2 rings (SSSR count). The Kier molecular flexibility index (Phi) is 5.53. The van der Waals surface area contributed by atoms with E-state index in [9.17, 15) is 5.11 Å². The van der Waals surface area contributed by atoms with Gasteiger partial charge in [0.1, 0.15) is 0 Å². The number of nitrogens with one attached hydrogen (secondary N) is 1. The molecule has 20 heavy (non-hydrogen) atoms. The van der Waals surface area contributed by atoms with Crippen LogP contribution in [0.25, 0.3) is 0 Å². The Labute approximate surface area is 127 Å².